The topological polar surface area (TPSA) is 59.2 Å². The summed E-state index contributed by atoms with van der Waals surface area (Å²) in [6.07, 6.45) is 0.779. The van der Waals surface area contributed by atoms with Gasteiger partial charge in [0.05, 0.1) is 10.6 Å². The van der Waals surface area contributed by atoms with Gasteiger partial charge in [-0.25, -0.2) is 4.39 Å². The van der Waals surface area contributed by atoms with Gasteiger partial charge in [-0.1, -0.05) is 17.8 Å². The van der Waals surface area contributed by atoms with E-state index in [1.165, 1.54) is 12.1 Å². The highest BCUT2D eigenvalue weighted by Gasteiger charge is 2.22. The van der Waals surface area contributed by atoms with Gasteiger partial charge < -0.3 is 9.52 Å². The molecule has 0 spiro atoms. The van der Waals surface area contributed by atoms with Crippen LogP contribution in [-0.2, 0) is 6.42 Å². The van der Waals surface area contributed by atoms with Crippen LogP contribution in [0.15, 0.2) is 28.7 Å². The lowest BCUT2D eigenvalue weighted by Crippen LogP contribution is -2.00. The fraction of sp³-hybridized carbons (Fsp3) is 0.286. The summed E-state index contributed by atoms with van der Waals surface area (Å²) in [4.78, 5) is 0.686. The number of aliphatic hydroxyl groups is 1. The molecule has 1 unspecified atom stereocenters. The van der Waals surface area contributed by atoms with Gasteiger partial charge in [-0.3, -0.25) is 0 Å². The number of fused-ring (bicyclic) bond motifs is 1. The number of aryl methyl sites for hydroxylation is 1. The first-order valence-electron chi connectivity index (χ1n) is 6.37. The highest BCUT2D eigenvalue weighted by molar-refractivity contribution is 7.05. The number of hydrogen-bond donors (Lipinski definition) is 1. The van der Waals surface area contributed by atoms with E-state index in [9.17, 15) is 9.50 Å². The van der Waals surface area contributed by atoms with Crippen LogP contribution >= 0.6 is 11.5 Å². The van der Waals surface area contributed by atoms with E-state index in [0.29, 0.717) is 21.6 Å². The molecule has 3 aromatic rings. The number of aliphatic hydroxyl groups excluding tert-OH is 1. The normalized spacial score (nSPS) is 12.9. The quantitative estimate of drug-likeness (QED) is 0.800. The van der Waals surface area contributed by atoms with Gasteiger partial charge in [0.2, 0.25) is 0 Å². The summed E-state index contributed by atoms with van der Waals surface area (Å²) in [5, 5.41) is 15.1. The zero-order valence-electron chi connectivity index (χ0n) is 10.8. The van der Waals surface area contributed by atoms with Crippen LogP contribution in [-0.4, -0.2) is 14.7 Å². The van der Waals surface area contributed by atoms with E-state index in [4.69, 9.17) is 4.42 Å². The van der Waals surface area contributed by atoms with Crippen LogP contribution in [0.2, 0.25) is 0 Å². The predicted octanol–water partition coefficient (Wildman–Crippen LogP) is 3.46. The smallest absolute Gasteiger partial charge is 0.149 e. The van der Waals surface area contributed by atoms with Crippen molar-refractivity contribution in [1.29, 1.82) is 0 Å². The molecule has 1 aromatic carbocycles. The monoisotopic (exact) mass is 292 g/mol. The molecule has 20 heavy (non-hydrogen) atoms. The van der Waals surface area contributed by atoms with Gasteiger partial charge in [-0.2, -0.15) is 0 Å². The second kappa shape index (κ2) is 5.30. The minimum absolute atomic E-state index is 0.328. The van der Waals surface area contributed by atoms with Gasteiger partial charge >= 0.3 is 0 Å². The molecule has 6 heteroatoms. The van der Waals surface area contributed by atoms with Crippen LogP contribution in [0.1, 0.15) is 35.8 Å². The Morgan fingerprint density at radius 3 is 3.05 bits per heavy atom. The molecule has 1 N–H and O–H groups in total. The van der Waals surface area contributed by atoms with Crippen molar-refractivity contribution in [2.24, 2.45) is 0 Å². The van der Waals surface area contributed by atoms with Gasteiger partial charge in [0.15, 0.2) is 0 Å². The Balaban J connectivity index is 1.99. The predicted molar refractivity (Wildman–Crippen MR) is 74.1 cm³/mol. The molecule has 104 valence electrons. The van der Waals surface area contributed by atoms with Crippen molar-refractivity contribution in [1.82, 2.24) is 9.59 Å². The van der Waals surface area contributed by atoms with Crippen LogP contribution < -0.4 is 0 Å². The molecule has 0 aliphatic heterocycles. The van der Waals surface area contributed by atoms with Crippen LogP contribution in [0.3, 0.4) is 0 Å². The summed E-state index contributed by atoms with van der Waals surface area (Å²) >= 11 is 1.16. The molecule has 1 atom stereocenters. The highest BCUT2D eigenvalue weighted by Crippen LogP contribution is 2.31. The molecule has 0 aliphatic rings. The standard InChI is InChI=1S/C14H13FN2O2S/c1-2-3-10-14(20-17-16-10)13(18)12-7-8-6-9(15)4-5-11(8)19-12/h4-7,13,18H,2-3H2,1H3. The minimum Gasteiger partial charge on any atom is -0.458 e. The van der Waals surface area contributed by atoms with Crippen LogP contribution in [0.4, 0.5) is 4.39 Å². The van der Waals surface area contributed by atoms with E-state index >= 15 is 0 Å². The molecular formula is C14H13FN2O2S. The molecule has 3 rings (SSSR count). The largest absolute Gasteiger partial charge is 0.458 e. The maximum Gasteiger partial charge on any atom is 0.149 e. The average Bonchev–Trinajstić information content (AvgIpc) is 3.04. The van der Waals surface area contributed by atoms with Crippen LogP contribution in [0.5, 0.6) is 0 Å². The van der Waals surface area contributed by atoms with Gasteiger partial charge in [0.25, 0.3) is 0 Å². The average molecular weight is 292 g/mol. The Morgan fingerprint density at radius 2 is 2.25 bits per heavy atom. The number of hydrogen-bond acceptors (Lipinski definition) is 5. The molecule has 2 aromatic heterocycles. The lowest BCUT2D eigenvalue weighted by atomic mass is 10.1. The van der Waals surface area contributed by atoms with Crippen molar-refractivity contribution in [3.63, 3.8) is 0 Å². The summed E-state index contributed by atoms with van der Waals surface area (Å²) < 4.78 is 22.6. The molecule has 0 amide bonds. The molecule has 0 aliphatic carbocycles. The van der Waals surface area contributed by atoms with Crippen molar-refractivity contribution >= 4 is 22.5 Å². The number of aromatic nitrogens is 2. The SMILES string of the molecule is CCCc1nnsc1C(O)c1cc2cc(F)ccc2o1. The number of rotatable bonds is 4. The lowest BCUT2D eigenvalue weighted by Gasteiger charge is -2.05. The van der Waals surface area contributed by atoms with Gasteiger partial charge in [0, 0.05) is 5.39 Å². The third kappa shape index (κ3) is 2.32. The maximum absolute atomic E-state index is 13.2. The first-order chi connectivity index (χ1) is 9.69. The third-order valence-electron chi connectivity index (χ3n) is 3.09. The molecule has 0 fully saturated rings. The molecule has 2 heterocycles. The van der Waals surface area contributed by atoms with Gasteiger partial charge in [-0.15, -0.1) is 5.10 Å². The number of furan rings is 1. The summed E-state index contributed by atoms with van der Waals surface area (Å²) in [6.45, 7) is 2.04. The summed E-state index contributed by atoms with van der Waals surface area (Å²) in [6, 6.07) is 5.92. The summed E-state index contributed by atoms with van der Waals surface area (Å²) in [7, 11) is 0. The fourth-order valence-electron chi connectivity index (χ4n) is 2.13. The van der Waals surface area contributed by atoms with E-state index < -0.39 is 6.10 Å². The first-order valence-corrected chi connectivity index (χ1v) is 7.14. The summed E-state index contributed by atoms with van der Waals surface area (Å²) in [5.74, 6) is 0.0551. The number of halogens is 1. The number of nitrogens with zero attached hydrogens (tertiary/aromatic N) is 2. The van der Waals surface area contributed by atoms with Gasteiger partial charge in [-0.05, 0) is 42.2 Å². The molecule has 0 radical (unpaired) electrons. The Kier molecular flexibility index (Phi) is 3.50. The Morgan fingerprint density at radius 1 is 1.40 bits per heavy atom. The van der Waals surface area contributed by atoms with Crippen molar-refractivity contribution in [2.45, 2.75) is 25.9 Å². The van der Waals surface area contributed by atoms with Crippen molar-refractivity contribution in [3.05, 3.63) is 46.4 Å². The second-order valence-corrected chi connectivity index (χ2v) is 5.35. The van der Waals surface area contributed by atoms with E-state index in [-0.39, 0.29) is 5.82 Å². The maximum atomic E-state index is 13.2. The fourth-order valence-corrected chi connectivity index (χ4v) is 2.82. The van der Waals surface area contributed by atoms with E-state index in [0.717, 1.165) is 30.1 Å². The first kappa shape index (κ1) is 13.2. The van der Waals surface area contributed by atoms with Crippen molar-refractivity contribution in [3.8, 4) is 0 Å². The highest BCUT2D eigenvalue weighted by atomic mass is 32.1. The van der Waals surface area contributed by atoms with E-state index in [1.807, 2.05) is 6.92 Å². The second-order valence-electron chi connectivity index (χ2n) is 4.57. The van der Waals surface area contributed by atoms with Crippen molar-refractivity contribution < 1.29 is 13.9 Å². The zero-order valence-corrected chi connectivity index (χ0v) is 11.7. The van der Waals surface area contributed by atoms with Gasteiger partial charge in [0.1, 0.15) is 23.3 Å². The minimum atomic E-state index is -0.910. The van der Waals surface area contributed by atoms with Crippen LogP contribution in [0, 0.1) is 5.82 Å². The lowest BCUT2D eigenvalue weighted by molar-refractivity contribution is 0.194. The van der Waals surface area contributed by atoms with Crippen molar-refractivity contribution in [2.75, 3.05) is 0 Å². The van der Waals surface area contributed by atoms with Crippen LogP contribution in [0.25, 0.3) is 11.0 Å². The Bertz CT molecular complexity index is 738. The Hall–Kier alpha value is -1.79. The third-order valence-corrected chi connectivity index (χ3v) is 3.91. The zero-order chi connectivity index (χ0) is 14.1. The van der Waals surface area contributed by atoms with E-state index in [1.54, 1.807) is 12.1 Å². The molecular weight excluding hydrogens is 279 g/mol. The number of benzene rings is 1. The Labute approximate surface area is 119 Å². The summed E-state index contributed by atoms with van der Waals surface area (Å²) in [5.41, 5.74) is 1.34. The van der Waals surface area contributed by atoms with E-state index in [2.05, 4.69) is 9.59 Å². The molecule has 4 nitrogen and oxygen atoms in total. The molecule has 0 bridgehead atoms. The molecule has 0 saturated carbocycles. The molecule has 0 saturated heterocycles.